The first-order valence-electron chi connectivity index (χ1n) is 5.14. The molecule has 1 fully saturated rings. The molecule has 1 aliphatic rings. The SMILES string of the molecule is O=[N+]([O-])c1c(NC2CC2)nc2ccccn12. The molecule has 1 aliphatic carbocycles. The maximum Gasteiger partial charge on any atom is 0.372 e. The van der Waals surface area contributed by atoms with Crippen molar-refractivity contribution in [3.05, 3.63) is 34.5 Å². The maximum atomic E-state index is 11.0. The first-order valence-corrected chi connectivity index (χ1v) is 5.14. The van der Waals surface area contributed by atoms with Crippen LogP contribution in [0.1, 0.15) is 12.8 Å². The maximum absolute atomic E-state index is 11.0. The van der Waals surface area contributed by atoms with E-state index < -0.39 is 4.92 Å². The van der Waals surface area contributed by atoms with Crippen LogP contribution in [0.4, 0.5) is 11.6 Å². The Morgan fingerprint density at radius 1 is 1.50 bits per heavy atom. The Labute approximate surface area is 91.1 Å². The van der Waals surface area contributed by atoms with Crippen molar-refractivity contribution in [2.75, 3.05) is 5.32 Å². The summed E-state index contributed by atoms with van der Waals surface area (Å²) in [4.78, 5) is 14.8. The fourth-order valence-electron chi connectivity index (χ4n) is 1.68. The highest BCUT2D eigenvalue weighted by molar-refractivity contribution is 5.62. The number of hydrogen-bond acceptors (Lipinski definition) is 4. The zero-order valence-electron chi connectivity index (χ0n) is 8.46. The predicted octanol–water partition coefficient (Wildman–Crippen LogP) is 1.82. The van der Waals surface area contributed by atoms with Crippen LogP contribution in [0.2, 0.25) is 0 Å². The number of pyridine rings is 1. The summed E-state index contributed by atoms with van der Waals surface area (Å²) in [5.74, 6) is 0.390. The minimum atomic E-state index is -0.398. The number of aromatic nitrogens is 2. The topological polar surface area (TPSA) is 72.5 Å². The molecular formula is C10H10N4O2. The van der Waals surface area contributed by atoms with Crippen LogP contribution < -0.4 is 5.32 Å². The Bertz CT molecular complexity index is 559. The number of rotatable bonds is 3. The second-order valence-electron chi connectivity index (χ2n) is 3.89. The number of anilines is 1. The van der Waals surface area contributed by atoms with Crippen LogP contribution in [-0.2, 0) is 0 Å². The lowest BCUT2D eigenvalue weighted by molar-refractivity contribution is -0.389. The molecule has 82 valence electrons. The number of fused-ring (bicyclic) bond motifs is 1. The van der Waals surface area contributed by atoms with Crippen molar-refractivity contribution in [2.45, 2.75) is 18.9 Å². The summed E-state index contributed by atoms with van der Waals surface area (Å²) < 4.78 is 1.49. The van der Waals surface area contributed by atoms with Crippen molar-refractivity contribution in [2.24, 2.45) is 0 Å². The number of imidazole rings is 1. The second-order valence-corrected chi connectivity index (χ2v) is 3.89. The Balaban J connectivity index is 2.17. The van der Waals surface area contributed by atoms with E-state index in [-0.39, 0.29) is 5.82 Å². The smallest absolute Gasteiger partial charge is 0.360 e. The fraction of sp³-hybridized carbons (Fsp3) is 0.300. The predicted molar refractivity (Wildman–Crippen MR) is 58.5 cm³/mol. The molecule has 0 amide bonds. The van der Waals surface area contributed by atoms with Crippen molar-refractivity contribution in [3.63, 3.8) is 0 Å². The molecule has 2 aromatic rings. The summed E-state index contributed by atoms with van der Waals surface area (Å²) in [6.45, 7) is 0. The molecule has 0 aromatic carbocycles. The lowest BCUT2D eigenvalue weighted by Gasteiger charge is -1.99. The molecule has 0 atom stereocenters. The summed E-state index contributed by atoms with van der Waals surface area (Å²) in [5, 5.41) is 14.1. The van der Waals surface area contributed by atoms with Gasteiger partial charge >= 0.3 is 5.82 Å². The van der Waals surface area contributed by atoms with Crippen molar-refractivity contribution in [1.82, 2.24) is 9.38 Å². The number of nitro groups is 1. The Morgan fingerprint density at radius 2 is 2.31 bits per heavy atom. The zero-order chi connectivity index (χ0) is 11.1. The first kappa shape index (κ1) is 9.14. The van der Waals surface area contributed by atoms with Crippen molar-refractivity contribution >= 4 is 17.3 Å². The number of nitrogens with one attached hydrogen (secondary N) is 1. The molecule has 0 radical (unpaired) electrons. The van der Waals surface area contributed by atoms with Crippen LogP contribution in [0.15, 0.2) is 24.4 Å². The molecule has 16 heavy (non-hydrogen) atoms. The van der Waals surface area contributed by atoms with Crippen LogP contribution >= 0.6 is 0 Å². The van der Waals surface area contributed by atoms with Crippen LogP contribution in [0.25, 0.3) is 5.65 Å². The minimum absolute atomic E-state index is 0.0162. The Kier molecular flexibility index (Phi) is 1.82. The van der Waals surface area contributed by atoms with Crippen LogP contribution in [-0.4, -0.2) is 20.3 Å². The fourth-order valence-corrected chi connectivity index (χ4v) is 1.68. The first-order chi connectivity index (χ1) is 7.75. The molecule has 2 heterocycles. The Hall–Kier alpha value is -2.11. The standard InChI is InChI=1S/C10H10N4O2/c15-14(16)10-9(11-7-4-5-7)12-8-3-1-2-6-13(8)10/h1-3,6-7,11H,4-5H2. The number of nitrogens with zero attached hydrogens (tertiary/aromatic N) is 3. The molecule has 1 saturated carbocycles. The largest absolute Gasteiger partial charge is 0.372 e. The van der Waals surface area contributed by atoms with E-state index in [1.807, 2.05) is 6.07 Å². The normalized spacial score (nSPS) is 15.2. The van der Waals surface area contributed by atoms with Gasteiger partial charge in [-0.3, -0.25) is 0 Å². The molecule has 0 spiro atoms. The summed E-state index contributed by atoms with van der Waals surface area (Å²) in [6.07, 6.45) is 3.77. The zero-order valence-corrected chi connectivity index (χ0v) is 8.46. The quantitative estimate of drug-likeness (QED) is 0.630. The molecule has 0 bridgehead atoms. The van der Waals surface area contributed by atoms with E-state index in [1.54, 1.807) is 18.3 Å². The second kappa shape index (κ2) is 3.19. The minimum Gasteiger partial charge on any atom is -0.360 e. The summed E-state index contributed by atoms with van der Waals surface area (Å²) in [6, 6.07) is 5.67. The van der Waals surface area contributed by atoms with Gasteiger partial charge in [-0.2, -0.15) is 9.38 Å². The molecule has 6 nitrogen and oxygen atoms in total. The van der Waals surface area contributed by atoms with Gasteiger partial charge in [0, 0.05) is 12.1 Å². The van der Waals surface area contributed by atoms with E-state index in [0.29, 0.717) is 17.5 Å². The van der Waals surface area contributed by atoms with Gasteiger partial charge in [-0.15, -0.1) is 0 Å². The van der Waals surface area contributed by atoms with Gasteiger partial charge in [-0.25, -0.2) is 0 Å². The van der Waals surface area contributed by atoms with Crippen LogP contribution in [0.3, 0.4) is 0 Å². The summed E-state index contributed by atoms with van der Waals surface area (Å²) in [7, 11) is 0. The van der Waals surface area contributed by atoms with E-state index in [2.05, 4.69) is 10.3 Å². The van der Waals surface area contributed by atoms with Crippen molar-refractivity contribution in [3.8, 4) is 0 Å². The highest BCUT2D eigenvalue weighted by atomic mass is 16.6. The monoisotopic (exact) mass is 218 g/mol. The van der Waals surface area contributed by atoms with Gasteiger partial charge in [0.05, 0.1) is 6.20 Å². The summed E-state index contributed by atoms with van der Waals surface area (Å²) in [5.41, 5.74) is 0.595. The average Bonchev–Trinajstić information content (AvgIpc) is 2.97. The molecule has 2 aromatic heterocycles. The molecule has 6 heteroatoms. The van der Waals surface area contributed by atoms with Gasteiger partial charge in [0.25, 0.3) is 0 Å². The van der Waals surface area contributed by atoms with Crippen molar-refractivity contribution < 1.29 is 4.92 Å². The van der Waals surface area contributed by atoms with Gasteiger partial charge in [-0.1, -0.05) is 6.07 Å². The molecule has 1 N–H and O–H groups in total. The van der Waals surface area contributed by atoms with Gasteiger partial charge < -0.3 is 15.4 Å². The van der Waals surface area contributed by atoms with Gasteiger partial charge in [0.1, 0.15) is 0 Å². The van der Waals surface area contributed by atoms with E-state index in [9.17, 15) is 10.1 Å². The third kappa shape index (κ3) is 1.39. The lowest BCUT2D eigenvalue weighted by atomic mass is 10.5. The van der Waals surface area contributed by atoms with E-state index in [0.717, 1.165) is 12.8 Å². The third-order valence-corrected chi connectivity index (χ3v) is 2.60. The van der Waals surface area contributed by atoms with Gasteiger partial charge in [0.2, 0.25) is 11.5 Å². The van der Waals surface area contributed by atoms with Crippen LogP contribution in [0.5, 0.6) is 0 Å². The number of hydrogen-bond donors (Lipinski definition) is 1. The molecule has 0 unspecified atom stereocenters. The molecular weight excluding hydrogens is 208 g/mol. The van der Waals surface area contributed by atoms with Crippen molar-refractivity contribution in [1.29, 1.82) is 0 Å². The van der Waals surface area contributed by atoms with E-state index in [1.165, 1.54) is 4.40 Å². The van der Waals surface area contributed by atoms with E-state index in [4.69, 9.17) is 0 Å². The highest BCUT2D eigenvalue weighted by Gasteiger charge is 2.28. The highest BCUT2D eigenvalue weighted by Crippen LogP contribution is 2.30. The van der Waals surface area contributed by atoms with Gasteiger partial charge in [0.15, 0.2) is 0 Å². The average molecular weight is 218 g/mol. The van der Waals surface area contributed by atoms with Crippen LogP contribution in [0, 0.1) is 10.1 Å². The molecule has 0 saturated heterocycles. The van der Waals surface area contributed by atoms with E-state index >= 15 is 0 Å². The summed E-state index contributed by atoms with van der Waals surface area (Å²) >= 11 is 0. The lowest BCUT2D eigenvalue weighted by Crippen LogP contribution is -2.04. The van der Waals surface area contributed by atoms with Gasteiger partial charge in [-0.05, 0) is 23.8 Å². The molecule has 0 aliphatic heterocycles. The third-order valence-electron chi connectivity index (χ3n) is 2.60. The molecule has 3 rings (SSSR count). The Morgan fingerprint density at radius 3 is 3.00 bits per heavy atom.